The second kappa shape index (κ2) is 10.7. The predicted molar refractivity (Wildman–Crippen MR) is 130 cm³/mol. The molecular formula is C25H24ClF3N2O3S. The van der Waals surface area contributed by atoms with Crippen LogP contribution in [0, 0.1) is 6.92 Å². The van der Waals surface area contributed by atoms with Gasteiger partial charge in [0.1, 0.15) is 6.54 Å². The Balaban J connectivity index is 1.99. The van der Waals surface area contributed by atoms with Gasteiger partial charge in [0.2, 0.25) is 5.91 Å². The Morgan fingerprint density at radius 3 is 2.23 bits per heavy atom. The van der Waals surface area contributed by atoms with Gasteiger partial charge in [-0.2, -0.15) is 13.2 Å². The van der Waals surface area contributed by atoms with Gasteiger partial charge in [-0.3, -0.25) is 9.10 Å². The third-order valence-corrected chi connectivity index (χ3v) is 7.50. The van der Waals surface area contributed by atoms with Gasteiger partial charge in [-0.25, -0.2) is 8.42 Å². The van der Waals surface area contributed by atoms with Crippen molar-refractivity contribution in [3.63, 3.8) is 0 Å². The summed E-state index contributed by atoms with van der Waals surface area (Å²) in [6.07, 6.45) is -4.28. The second-order valence-corrected chi connectivity index (χ2v) is 10.2. The summed E-state index contributed by atoms with van der Waals surface area (Å²) < 4.78 is 67.9. The van der Waals surface area contributed by atoms with Crippen molar-refractivity contribution < 1.29 is 26.4 Å². The summed E-state index contributed by atoms with van der Waals surface area (Å²) in [6, 6.07) is 17.0. The van der Waals surface area contributed by atoms with Crippen molar-refractivity contribution in [2.75, 3.05) is 10.8 Å². The van der Waals surface area contributed by atoms with Crippen LogP contribution in [0.5, 0.6) is 0 Å². The molecule has 3 rings (SSSR count). The Labute approximate surface area is 207 Å². The van der Waals surface area contributed by atoms with Crippen molar-refractivity contribution >= 4 is 33.2 Å². The maximum atomic E-state index is 13.5. The average molecular weight is 525 g/mol. The fourth-order valence-corrected chi connectivity index (χ4v) is 5.17. The van der Waals surface area contributed by atoms with Crippen molar-refractivity contribution in [3.8, 4) is 0 Å². The molecule has 1 atom stereocenters. The zero-order valence-corrected chi connectivity index (χ0v) is 20.6. The Kier molecular flexibility index (Phi) is 8.12. The van der Waals surface area contributed by atoms with E-state index in [0.29, 0.717) is 16.8 Å². The van der Waals surface area contributed by atoms with E-state index in [9.17, 15) is 26.4 Å². The summed E-state index contributed by atoms with van der Waals surface area (Å²) in [5.41, 5.74) is 0.341. The number of aryl methyl sites for hydroxylation is 1. The number of nitrogens with one attached hydrogen (secondary N) is 1. The number of benzene rings is 3. The van der Waals surface area contributed by atoms with Crippen LogP contribution in [-0.2, 0) is 21.0 Å². The van der Waals surface area contributed by atoms with Crippen LogP contribution >= 0.6 is 11.6 Å². The largest absolute Gasteiger partial charge is 0.417 e. The molecule has 186 valence electrons. The molecule has 1 N–H and O–H groups in total. The van der Waals surface area contributed by atoms with E-state index < -0.39 is 45.3 Å². The molecule has 0 aliphatic heterocycles. The monoisotopic (exact) mass is 524 g/mol. The van der Waals surface area contributed by atoms with Crippen molar-refractivity contribution in [3.05, 3.63) is 94.5 Å². The van der Waals surface area contributed by atoms with Gasteiger partial charge < -0.3 is 5.32 Å². The number of alkyl halides is 3. The molecule has 3 aromatic carbocycles. The minimum Gasteiger partial charge on any atom is -0.348 e. The van der Waals surface area contributed by atoms with E-state index in [2.05, 4.69) is 5.32 Å². The second-order valence-electron chi connectivity index (χ2n) is 7.93. The van der Waals surface area contributed by atoms with Crippen LogP contribution in [0.2, 0.25) is 5.02 Å². The van der Waals surface area contributed by atoms with Gasteiger partial charge in [-0.15, -0.1) is 0 Å². The summed E-state index contributed by atoms with van der Waals surface area (Å²) >= 11 is 5.72. The molecule has 0 aromatic heterocycles. The lowest BCUT2D eigenvalue weighted by Crippen LogP contribution is -2.42. The normalized spacial score (nSPS) is 12.7. The highest BCUT2D eigenvalue weighted by Crippen LogP contribution is 2.38. The summed E-state index contributed by atoms with van der Waals surface area (Å²) in [5, 5.41) is 2.21. The quantitative estimate of drug-likeness (QED) is 0.385. The molecule has 0 heterocycles. The fourth-order valence-electron chi connectivity index (χ4n) is 3.51. The molecule has 0 aliphatic rings. The van der Waals surface area contributed by atoms with E-state index >= 15 is 0 Å². The predicted octanol–water partition coefficient (Wildman–Crippen LogP) is 6.13. The van der Waals surface area contributed by atoms with E-state index in [1.807, 2.05) is 38.1 Å². The highest BCUT2D eigenvalue weighted by molar-refractivity contribution is 7.92. The maximum Gasteiger partial charge on any atom is 0.417 e. The Morgan fingerprint density at radius 2 is 1.66 bits per heavy atom. The van der Waals surface area contributed by atoms with E-state index in [0.717, 1.165) is 23.3 Å². The topological polar surface area (TPSA) is 66.5 Å². The van der Waals surface area contributed by atoms with Crippen LogP contribution in [0.25, 0.3) is 0 Å². The van der Waals surface area contributed by atoms with Crippen LogP contribution in [0.3, 0.4) is 0 Å². The number of hydrogen-bond acceptors (Lipinski definition) is 3. The van der Waals surface area contributed by atoms with Crippen molar-refractivity contribution in [1.82, 2.24) is 5.32 Å². The minimum atomic E-state index is -4.81. The standard InChI is InChI=1S/C25H24ClF3N2O3S/c1-3-23(18-11-9-17(2)10-12-18)30-24(32)16-31(35(33,34)20-7-5-4-6-8-20)19-13-14-22(26)21(15-19)25(27,28)29/h4-15,23H,3,16H2,1-2H3,(H,30,32)/t23-/m1/s1. The molecule has 0 saturated carbocycles. The molecule has 10 heteroatoms. The summed E-state index contributed by atoms with van der Waals surface area (Å²) in [5.74, 6) is -0.666. The molecule has 0 fully saturated rings. The summed E-state index contributed by atoms with van der Waals surface area (Å²) in [7, 11) is -4.37. The lowest BCUT2D eigenvalue weighted by molar-refractivity contribution is -0.137. The average Bonchev–Trinajstić information content (AvgIpc) is 2.82. The number of rotatable bonds is 8. The van der Waals surface area contributed by atoms with Crippen LogP contribution in [0.1, 0.15) is 36.1 Å². The molecule has 3 aromatic rings. The molecule has 0 spiro atoms. The smallest absolute Gasteiger partial charge is 0.348 e. The Bertz CT molecular complexity index is 1280. The lowest BCUT2D eigenvalue weighted by atomic mass is 10.0. The van der Waals surface area contributed by atoms with Crippen LogP contribution < -0.4 is 9.62 Å². The van der Waals surface area contributed by atoms with Gasteiger partial charge in [0.25, 0.3) is 10.0 Å². The molecule has 0 unspecified atom stereocenters. The van der Waals surface area contributed by atoms with Gasteiger partial charge in [-0.1, -0.05) is 66.6 Å². The number of amides is 1. The number of anilines is 1. The Morgan fingerprint density at radius 1 is 1.03 bits per heavy atom. The third-order valence-electron chi connectivity index (χ3n) is 5.38. The Hall–Kier alpha value is -3.04. The lowest BCUT2D eigenvalue weighted by Gasteiger charge is -2.26. The van der Waals surface area contributed by atoms with Crippen LogP contribution in [0.15, 0.2) is 77.7 Å². The maximum absolute atomic E-state index is 13.5. The van der Waals surface area contributed by atoms with Gasteiger partial charge in [0.05, 0.1) is 27.2 Å². The molecule has 1 amide bonds. The number of hydrogen-bond donors (Lipinski definition) is 1. The van der Waals surface area contributed by atoms with Gasteiger partial charge in [-0.05, 0) is 49.2 Å². The number of sulfonamides is 1. The first kappa shape index (κ1) is 26.6. The van der Waals surface area contributed by atoms with E-state index in [-0.39, 0.29) is 10.6 Å². The first-order chi connectivity index (χ1) is 16.4. The van der Waals surface area contributed by atoms with Crippen molar-refractivity contribution in [1.29, 1.82) is 0 Å². The van der Waals surface area contributed by atoms with E-state index in [1.54, 1.807) is 6.07 Å². The summed E-state index contributed by atoms with van der Waals surface area (Å²) in [6.45, 7) is 3.06. The zero-order chi connectivity index (χ0) is 25.8. The van der Waals surface area contributed by atoms with Crippen molar-refractivity contribution in [2.24, 2.45) is 0 Å². The molecule has 5 nitrogen and oxygen atoms in total. The van der Waals surface area contributed by atoms with Crippen LogP contribution in [-0.4, -0.2) is 20.9 Å². The third kappa shape index (κ3) is 6.35. The fraction of sp³-hybridized carbons (Fsp3) is 0.240. The number of carbonyl (C=O) groups is 1. The van der Waals surface area contributed by atoms with Gasteiger partial charge >= 0.3 is 6.18 Å². The SMILES string of the molecule is CC[C@@H](NC(=O)CN(c1ccc(Cl)c(C(F)(F)F)c1)S(=O)(=O)c1ccccc1)c1ccc(C)cc1. The highest BCUT2D eigenvalue weighted by Gasteiger charge is 2.35. The van der Waals surface area contributed by atoms with Gasteiger partial charge in [0.15, 0.2) is 0 Å². The van der Waals surface area contributed by atoms with Crippen molar-refractivity contribution in [2.45, 2.75) is 37.4 Å². The molecule has 0 aliphatic carbocycles. The van der Waals surface area contributed by atoms with Gasteiger partial charge in [0, 0.05) is 0 Å². The number of halogens is 4. The van der Waals surface area contributed by atoms with Crippen LogP contribution in [0.4, 0.5) is 18.9 Å². The summed E-state index contributed by atoms with van der Waals surface area (Å²) in [4.78, 5) is 12.8. The first-order valence-electron chi connectivity index (χ1n) is 10.7. The molecule has 0 radical (unpaired) electrons. The first-order valence-corrected chi connectivity index (χ1v) is 12.6. The minimum absolute atomic E-state index is 0.165. The molecule has 0 bridgehead atoms. The van der Waals surface area contributed by atoms with E-state index in [4.69, 9.17) is 11.6 Å². The molecule has 35 heavy (non-hydrogen) atoms. The number of nitrogens with zero attached hydrogens (tertiary/aromatic N) is 1. The molecule has 0 saturated heterocycles. The molecular weight excluding hydrogens is 501 g/mol. The van der Waals surface area contributed by atoms with E-state index in [1.165, 1.54) is 24.3 Å². The highest BCUT2D eigenvalue weighted by atomic mass is 35.5. The zero-order valence-electron chi connectivity index (χ0n) is 19.0. The number of carbonyl (C=O) groups excluding carboxylic acids is 1.